The van der Waals surface area contributed by atoms with E-state index in [1.807, 2.05) is 30.3 Å². The summed E-state index contributed by atoms with van der Waals surface area (Å²) in [5, 5.41) is 0.359. The van der Waals surface area contributed by atoms with Crippen LogP contribution in [0.5, 0.6) is 0 Å². The van der Waals surface area contributed by atoms with Crippen molar-refractivity contribution < 1.29 is 23.9 Å². The predicted molar refractivity (Wildman–Crippen MR) is 118 cm³/mol. The van der Waals surface area contributed by atoms with Crippen molar-refractivity contribution in [2.75, 3.05) is 11.5 Å². The highest BCUT2D eigenvalue weighted by Crippen LogP contribution is 2.49. The molecule has 2 aliphatic heterocycles. The number of fused-ring (bicyclic) bond motifs is 1. The van der Waals surface area contributed by atoms with Crippen LogP contribution in [-0.2, 0) is 19.1 Å². The quantitative estimate of drug-likeness (QED) is 0.649. The first-order chi connectivity index (χ1) is 15.5. The minimum absolute atomic E-state index is 0.000419. The van der Waals surface area contributed by atoms with Gasteiger partial charge in [-0.15, -0.1) is 0 Å². The molecule has 1 aromatic carbocycles. The maximum atomic E-state index is 13.6. The maximum absolute atomic E-state index is 13.6. The molecule has 3 atom stereocenters. The molecule has 2 aromatic rings. The Bertz CT molecular complexity index is 1120. The number of hydrogen-bond donors (Lipinski definition) is 0. The highest BCUT2D eigenvalue weighted by Gasteiger charge is 2.53. The first-order valence-corrected chi connectivity index (χ1v) is 11.8. The van der Waals surface area contributed by atoms with E-state index in [2.05, 4.69) is 4.98 Å². The van der Waals surface area contributed by atoms with Crippen molar-refractivity contribution in [1.29, 1.82) is 0 Å². The Kier molecular flexibility index (Phi) is 5.33. The molecule has 0 bridgehead atoms. The molecule has 1 fully saturated rings. The average Bonchev–Trinajstić information content (AvgIpc) is 3.32. The summed E-state index contributed by atoms with van der Waals surface area (Å²) in [6, 6.07) is 8.82. The van der Waals surface area contributed by atoms with Gasteiger partial charge in [0.15, 0.2) is 16.7 Å². The zero-order valence-electron chi connectivity index (χ0n) is 18.0. The van der Waals surface area contributed by atoms with E-state index in [4.69, 9.17) is 9.47 Å². The Balaban J connectivity index is 1.61. The van der Waals surface area contributed by atoms with Crippen LogP contribution in [0.3, 0.4) is 0 Å². The Morgan fingerprint density at radius 1 is 1.22 bits per heavy atom. The first-order valence-electron chi connectivity index (χ1n) is 11.0. The molecule has 0 radical (unpaired) electrons. The van der Waals surface area contributed by atoms with Gasteiger partial charge < -0.3 is 9.47 Å². The van der Waals surface area contributed by atoms with Crippen LogP contribution in [-0.4, -0.2) is 35.4 Å². The lowest BCUT2D eigenvalue weighted by molar-refractivity contribution is -0.131. The zero-order valence-corrected chi connectivity index (χ0v) is 18.8. The van der Waals surface area contributed by atoms with Gasteiger partial charge >= 0.3 is 5.97 Å². The van der Waals surface area contributed by atoms with E-state index in [-0.39, 0.29) is 36.1 Å². The number of anilines is 1. The summed E-state index contributed by atoms with van der Waals surface area (Å²) < 4.78 is 11.3. The van der Waals surface area contributed by atoms with Gasteiger partial charge in [-0.2, -0.15) is 0 Å². The maximum Gasteiger partial charge on any atom is 0.350 e. The minimum atomic E-state index is -0.630. The molecule has 5 rings (SSSR count). The van der Waals surface area contributed by atoms with E-state index >= 15 is 0 Å². The largest absolute Gasteiger partial charge is 0.483 e. The Labute approximate surface area is 190 Å². The average molecular weight is 453 g/mol. The van der Waals surface area contributed by atoms with Gasteiger partial charge in [0, 0.05) is 0 Å². The Hall–Kier alpha value is -3.00. The van der Waals surface area contributed by atoms with Crippen LogP contribution in [0.2, 0.25) is 0 Å². The molecule has 0 spiro atoms. The second-order valence-corrected chi connectivity index (χ2v) is 9.25. The van der Waals surface area contributed by atoms with E-state index in [0.29, 0.717) is 21.3 Å². The van der Waals surface area contributed by atoms with Crippen LogP contribution in [0, 0.1) is 12.8 Å². The molecule has 8 heteroatoms. The molecule has 0 saturated heterocycles. The molecule has 3 unspecified atom stereocenters. The third-order valence-corrected chi connectivity index (χ3v) is 7.47. The SMILES string of the molecule is CCOC(=O)c1sc(N2C(=O)C3=C(C(=O)C4CCCCC4O3)C2c2ccccc2)nc1C. The van der Waals surface area contributed by atoms with Gasteiger partial charge in [-0.3, -0.25) is 14.5 Å². The number of aryl methyl sites for hydroxylation is 1. The predicted octanol–water partition coefficient (Wildman–Crippen LogP) is 4.13. The monoisotopic (exact) mass is 452 g/mol. The highest BCUT2D eigenvalue weighted by atomic mass is 32.1. The molecule has 0 N–H and O–H groups in total. The number of rotatable bonds is 4. The molecule has 1 aromatic heterocycles. The molecule has 32 heavy (non-hydrogen) atoms. The number of amides is 1. The van der Waals surface area contributed by atoms with Crippen molar-refractivity contribution in [2.24, 2.45) is 5.92 Å². The van der Waals surface area contributed by atoms with E-state index < -0.39 is 12.0 Å². The number of esters is 1. The molecular weight excluding hydrogens is 428 g/mol. The second kappa shape index (κ2) is 8.16. The van der Waals surface area contributed by atoms with E-state index in [0.717, 1.165) is 42.6 Å². The minimum Gasteiger partial charge on any atom is -0.483 e. The summed E-state index contributed by atoms with van der Waals surface area (Å²) in [5.41, 5.74) is 1.71. The van der Waals surface area contributed by atoms with E-state index in [1.165, 1.54) is 4.90 Å². The van der Waals surface area contributed by atoms with Crippen LogP contribution in [0.15, 0.2) is 41.7 Å². The number of benzene rings is 1. The fraction of sp³-hybridized carbons (Fsp3) is 0.417. The van der Waals surface area contributed by atoms with Crippen molar-refractivity contribution in [3.05, 3.63) is 57.8 Å². The summed E-state index contributed by atoms with van der Waals surface area (Å²) in [5.74, 6) is -0.921. The van der Waals surface area contributed by atoms with Crippen LogP contribution in [0.4, 0.5) is 5.13 Å². The molecule has 1 saturated carbocycles. The van der Waals surface area contributed by atoms with Gasteiger partial charge in [-0.05, 0) is 38.7 Å². The molecule has 1 amide bonds. The van der Waals surface area contributed by atoms with Crippen molar-refractivity contribution in [2.45, 2.75) is 51.7 Å². The number of aromatic nitrogens is 1. The smallest absolute Gasteiger partial charge is 0.350 e. The number of ketones is 1. The fourth-order valence-corrected chi connectivity index (χ4v) is 5.85. The van der Waals surface area contributed by atoms with Crippen LogP contribution >= 0.6 is 11.3 Å². The second-order valence-electron chi connectivity index (χ2n) is 8.27. The van der Waals surface area contributed by atoms with Gasteiger partial charge in [0.05, 0.1) is 29.8 Å². The van der Waals surface area contributed by atoms with E-state index in [9.17, 15) is 14.4 Å². The van der Waals surface area contributed by atoms with Gasteiger partial charge in [-0.1, -0.05) is 48.1 Å². The van der Waals surface area contributed by atoms with Crippen LogP contribution in [0.1, 0.15) is 59.6 Å². The van der Waals surface area contributed by atoms with Crippen LogP contribution in [0.25, 0.3) is 0 Å². The summed E-state index contributed by atoms with van der Waals surface area (Å²) in [6.07, 6.45) is 3.29. The summed E-state index contributed by atoms with van der Waals surface area (Å²) in [7, 11) is 0. The number of carbonyl (C=O) groups is 3. The Morgan fingerprint density at radius 2 is 1.97 bits per heavy atom. The zero-order chi connectivity index (χ0) is 22.4. The Morgan fingerprint density at radius 3 is 2.72 bits per heavy atom. The van der Waals surface area contributed by atoms with Crippen molar-refractivity contribution in [1.82, 2.24) is 4.98 Å². The van der Waals surface area contributed by atoms with Crippen molar-refractivity contribution in [3.8, 4) is 0 Å². The lowest BCUT2D eigenvalue weighted by Crippen LogP contribution is -2.39. The van der Waals surface area contributed by atoms with Crippen LogP contribution < -0.4 is 4.90 Å². The number of ether oxygens (including phenoxy) is 2. The summed E-state index contributed by atoms with van der Waals surface area (Å²) in [6.45, 7) is 3.71. The topological polar surface area (TPSA) is 85.8 Å². The highest BCUT2D eigenvalue weighted by molar-refractivity contribution is 7.17. The molecule has 7 nitrogen and oxygen atoms in total. The molecule has 1 aliphatic carbocycles. The van der Waals surface area contributed by atoms with Gasteiger partial charge in [0.1, 0.15) is 11.0 Å². The standard InChI is InChI=1S/C24H24N2O5S/c1-3-30-23(29)21-13(2)25-24(32-21)26-18(14-9-5-4-6-10-14)17-19(27)15-11-7-8-12-16(15)31-20(17)22(26)28/h4-6,9-10,15-16,18H,3,7-8,11-12H2,1-2H3. The third-order valence-electron chi connectivity index (χ3n) is 6.33. The van der Waals surface area contributed by atoms with Gasteiger partial charge in [-0.25, -0.2) is 9.78 Å². The number of thiazole rings is 1. The summed E-state index contributed by atoms with van der Waals surface area (Å²) >= 11 is 1.11. The van der Waals surface area contributed by atoms with Gasteiger partial charge in [0.25, 0.3) is 5.91 Å². The fourth-order valence-electron chi connectivity index (χ4n) is 4.86. The normalized spacial score (nSPS) is 24.8. The first kappa shape index (κ1) is 20.9. The molecule has 3 aliphatic rings. The number of Topliss-reactive ketones (excluding diaryl/α,β-unsaturated/α-hetero) is 1. The number of hydrogen-bond acceptors (Lipinski definition) is 7. The lowest BCUT2D eigenvalue weighted by Gasteiger charge is -2.35. The molecule has 3 heterocycles. The lowest BCUT2D eigenvalue weighted by atomic mass is 9.77. The van der Waals surface area contributed by atoms with Crippen molar-refractivity contribution >= 4 is 34.1 Å². The summed E-state index contributed by atoms with van der Waals surface area (Å²) in [4.78, 5) is 46.0. The molecule has 166 valence electrons. The number of carbonyl (C=O) groups excluding carboxylic acids is 3. The molecular formula is C24H24N2O5S. The third kappa shape index (κ3) is 3.24. The van der Waals surface area contributed by atoms with E-state index in [1.54, 1.807) is 13.8 Å². The number of nitrogens with zero attached hydrogens (tertiary/aromatic N) is 2. The van der Waals surface area contributed by atoms with Gasteiger partial charge in [0.2, 0.25) is 0 Å². The van der Waals surface area contributed by atoms with Crippen molar-refractivity contribution in [3.63, 3.8) is 0 Å².